The summed E-state index contributed by atoms with van der Waals surface area (Å²) >= 11 is 0. The van der Waals surface area contributed by atoms with Crippen LogP contribution in [0.25, 0.3) is 10.9 Å². The van der Waals surface area contributed by atoms with Crippen molar-refractivity contribution in [2.24, 2.45) is 0 Å². The van der Waals surface area contributed by atoms with Gasteiger partial charge >= 0.3 is 0 Å². The summed E-state index contributed by atoms with van der Waals surface area (Å²) in [6.45, 7) is 2.37. The van der Waals surface area contributed by atoms with Gasteiger partial charge in [0.15, 0.2) is 0 Å². The Bertz CT molecular complexity index is 1290. The number of carbonyl (C=O) groups is 1. The van der Waals surface area contributed by atoms with Gasteiger partial charge in [0, 0.05) is 23.5 Å². The number of nitrogens with one attached hydrogen (secondary N) is 1. The van der Waals surface area contributed by atoms with E-state index in [0.717, 1.165) is 29.7 Å². The first-order chi connectivity index (χ1) is 15.6. The number of amides is 1. The number of benzene rings is 3. The number of fused-ring (bicyclic) bond motifs is 2. The monoisotopic (exact) mass is 424 g/mol. The van der Waals surface area contributed by atoms with Crippen molar-refractivity contribution in [3.05, 3.63) is 113 Å². The fraction of sp³-hybridized carbons (Fsp3) is 0.214. The first kappa shape index (κ1) is 20.4. The van der Waals surface area contributed by atoms with E-state index >= 15 is 0 Å². The fourth-order valence-electron chi connectivity index (χ4n) is 4.96. The average Bonchev–Trinajstić information content (AvgIpc) is 3.23. The van der Waals surface area contributed by atoms with Gasteiger partial charge in [-0.1, -0.05) is 60.7 Å². The summed E-state index contributed by atoms with van der Waals surface area (Å²) in [5.74, 6) is -0.756. The van der Waals surface area contributed by atoms with Crippen LogP contribution in [0.15, 0.2) is 78.9 Å². The molecule has 0 radical (unpaired) electrons. The van der Waals surface area contributed by atoms with Gasteiger partial charge in [-0.05, 0) is 60.2 Å². The summed E-state index contributed by atoms with van der Waals surface area (Å²) in [5.41, 5.74) is 5.73. The highest BCUT2D eigenvalue weighted by molar-refractivity contribution is 5.88. The molecule has 160 valence electrons. The molecule has 1 aromatic heterocycles. The molecule has 4 heteroatoms. The highest BCUT2D eigenvalue weighted by Gasteiger charge is 2.36. The molecule has 1 aliphatic rings. The highest BCUT2D eigenvalue weighted by Crippen LogP contribution is 2.44. The van der Waals surface area contributed by atoms with E-state index in [1.807, 2.05) is 61.5 Å². The van der Waals surface area contributed by atoms with E-state index in [1.165, 1.54) is 17.2 Å². The molecule has 32 heavy (non-hydrogen) atoms. The van der Waals surface area contributed by atoms with Crippen LogP contribution in [0, 0.1) is 12.7 Å². The topological polar surface area (TPSA) is 42.0 Å². The standard InChI is InChI=1S/C28H25FN2O/c1-18-23(16-24-25(29)12-7-13-26(24)31-18)27(22-15-14-20-10-5-6-11-21(20)22)28(32)30-17-19-8-3-2-4-9-19/h2-13,16,22,27H,14-15,17H2,1H3,(H,30,32). The lowest BCUT2D eigenvalue weighted by atomic mass is 9.80. The molecule has 1 aliphatic carbocycles. The molecule has 0 fully saturated rings. The van der Waals surface area contributed by atoms with Crippen LogP contribution in [0.5, 0.6) is 0 Å². The zero-order valence-corrected chi connectivity index (χ0v) is 18.0. The van der Waals surface area contributed by atoms with Gasteiger partial charge in [-0.2, -0.15) is 0 Å². The lowest BCUT2D eigenvalue weighted by Gasteiger charge is -2.26. The van der Waals surface area contributed by atoms with E-state index in [1.54, 1.807) is 6.07 Å². The third kappa shape index (κ3) is 3.77. The van der Waals surface area contributed by atoms with E-state index in [2.05, 4.69) is 22.4 Å². The largest absolute Gasteiger partial charge is 0.351 e. The van der Waals surface area contributed by atoms with Crippen molar-refractivity contribution >= 4 is 16.8 Å². The summed E-state index contributed by atoms with van der Waals surface area (Å²) in [4.78, 5) is 18.3. The predicted molar refractivity (Wildman–Crippen MR) is 125 cm³/mol. The Balaban J connectivity index is 1.57. The molecular formula is C28H25FN2O. The molecule has 0 saturated heterocycles. The van der Waals surface area contributed by atoms with Crippen molar-refractivity contribution in [3.8, 4) is 0 Å². The van der Waals surface area contributed by atoms with Crippen LogP contribution in [0.4, 0.5) is 4.39 Å². The molecule has 5 rings (SSSR count). The number of hydrogen-bond acceptors (Lipinski definition) is 2. The lowest BCUT2D eigenvalue weighted by Crippen LogP contribution is -2.32. The molecule has 0 bridgehead atoms. The lowest BCUT2D eigenvalue weighted by molar-refractivity contribution is -0.123. The highest BCUT2D eigenvalue weighted by atomic mass is 19.1. The number of carbonyl (C=O) groups excluding carboxylic acids is 1. The van der Waals surface area contributed by atoms with Gasteiger partial charge in [0.2, 0.25) is 5.91 Å². The number of halogens is 1. The number of nitrogens with zero attached hydrogens (tertiary/aromatic N) is 1. The number of aryl methyl sites for hydroxylation is 2. The van der Waals surface area contributed by atoms with Gasteiger partial charge < -0.3 is 5.32 Å². The summed E-state index contributed by atoms with van der Waals surface area (Å²) in [5, 5.41) is 3.59. The van der Waals surface area contributed by atoms with Crippen molar-refractivity contribution in [1.82, 2.24) is 10.3 Å². The van der Waals surface area contributed by atoms with Gasteiger partial charge in [0.05, 0.1) is 11.4 Å². The molecule has 2 atom stereocenters. The van der Waals surface area contributed by atoms with Crippen LogP contribution >= 0.6 is 0 Å². The SMILES string of the molecule is Cc1nc2cccc(F)c2cc1C(C(=O)NCc1ccccc1)C1CCc2ccccc21. The Morgan fingerprint density at radius 3 is 2.69 bits per heavy atom. The summed E-state index contributed by atoms with van der Waals surface area (Å²) in [6.07, 6.45) is 1.83. The molecule has 0 aliphatic heterocycles. The maximum atomic E-state index is 14.6. The second-order valence-corrected chi connectivity index (χ2v) is 8.49. The Labute approximate surface area is 187 Å². The molecule has 1 N–H and O–H groups in total. The number of rotatable bonds is 5. The van der Waals surface area contributed by atoms with Crippen LogP contribution in [0.2, 0.25) is 0 Å². The summed E-state index contributed by atoms with van der Waals surface area (Å²) in [7, 11) is 0. The maximum absolute atomic E-state index is 14.6. The van der Waals surface area contributed by atoms with Crippen LogP contribution in [0.3, 0.4) is 0 Å². The molecule has 3 nitrogen and oxygen atoms in total. The number of aromatic nitrogens is 1. The maximum Gasteiger partial charge on any atom is 0.228 e. The van der Waals surface area contributed by atoms with Gasteiger partial charge in [-0.15, -0.1) is 0 Å². The van der Waals surface area contributed by atoms with Gasteiger partial charge in [0.25, 0.3) is 0 Å². The predicted octanol–water partition coefficient (Wildman–Crippen LogP) is 5.81. The summed E-state index contributed by atoms with van der Waals surface area (Å²) < 4.78 is 14.6. The Morgan fingerprint density at radius 2 is 1.84 bits per heavy atom. The second kappa shape index (κ2) is 8.54. The fourth-order valence-corrected chi connectivity index (χ4v) is 4.96. The third-order valence-electron chi connectivity index (χ3n) is 6.54. The van der Waals surface area contributed by atoms with E-state index < -0.39 is 5.92 Å². The van der Waals surface area contributed by atoms with Crippen molar-refractivity contribution in [2.45, 2.75) is 38.1 Å². The van der Waals surface area contributed by atoms with Crippen LogP contribution < -0.4 is 5.32 Å². The molecule has 2 unspecified atom stereocenters. The van der Waals surface area contributed by atoms with Gasteiger partial charge in [0.1, 0.15) is 5.82 Å². The van der Waals surface area contributed by atoms with Gasteiger partial charge in [-0.3, -0.25) is 9.78 Å². The summed E-state index contributed by atoms with van der Waals surface area (Å²) in [6, 6.07) is 25.0. The molecule has 4 aromatic rings. The van der Waals surface area contributed by atoms with E-state index in [9.17, 15) is 9.18 Å². The molecule has 0 saturated carbocycles. The van der Waals surface area contributed by atoms with Crippen LogP contribution in [-0.4, -0.2) is 10.9 Å². The Kier molecular flexibility index (Phi) is 5.44. The normalized spacial score (nSPS) is 16.0. The molecule has 0 spiro atoms. The Morgan fingerprint density at radius 1 is 1.06 bits per heavy atom. The number of hydrogen-bond donors (Lipinski definition) is 1. The van der Waals surface area contributed by atoms with E-state index in [4.69, 9.17) is 0 Å². The minimum Gasteiger partial charge on any atom is -0.351 e. The average molecular weight is 425 g/mol. The van der Waals surface area contributed by atoms with E-state index in [0.29, 0.717) is 17.4 Å². The second-order valence-electron chi connectivity index (χ2n) is 8.49. The van der Waals surface area contributed by atoms with Crippen molar-refractivity contribution in [2.75, 3.05) is 0 Å². The zero-order valence-electron chi connectivity index (χ0n) is 18.0. The first-order valence-corrected chi connectivity index (χ1v) is 11.1. The van der Waals surface area contributed by atoms with Crippen LogP contribution in [-0.2, 0) is 17.8 Å². The third-order valence-corrected chi connectivity index (χ3v) is 6.54. The smallest absolute Gasteiger partial charge is 0.228 e. The Hall–Kier alpha value is -3.53. The molecule has 1 amide bonds. The minimum absolute atomic E-state index is 0.0340. The van der Waals surface area contributed by atoms with Crippen molar-refractivity contribution < 1.29 is 9.18 Å². The van der Waals surface area contributed by atoms with Crippen molar-refractivity contribution in [3.63, 3.8) is 0 Å². The molecular weight excluding hydrogens is 399 g/mol. The van der Waals surface area contributed by atoms with Crippen LogP contribution in [0.1, 0.15) is 46.2 Å². The zero-order chi connectivity index (χ0) is 22.1. The number of pyridine rings is 1. The van der Waals surface area contributed by atoms with Crippen molar-refractivity contribution in [1.29, 1.82) is 0 Å². The molecule has 3 aromatic carbocycles. The quantitative estimate of drug-likeness (QED) is 0.439. The first-order valence-electron chi connectivity index (χ1n) is 11.1. The minimum atomic E-state index is -0.432. The van der Waals surface area contributed by atoms with E-state index in [-0.39, 0.29) is 17.6 Å². The van der Waals surface area contributed by atoms with Gasteiger partial charge in [-0.25, -0.2) is 4.39 Å². The molecule has 1 heterocycles.